The second-order valence-electron chi connectivity index (χ2n) is 4.85. The van der Waals surface area contributed by atoms with Crippen LogP contribution >= 0.6 is 0 Å². The molecule has 0 aliphatic heterocycles. The highest BCUT2D eigenvalue weighted by atomic mass is 16.5. The van der Waals surface area contributed by atoms with E-state index in [0.29, 0.717) is 18.8 Å². The molecule has 0 aromatic carbocycles. The smallest absolute Gasteiger partial charge is 0.307 e. The van der Waals surface area contributed by atoms with E-state index in [1.807, 2.05) is 0 Å². The van der Waals surface area contributed by atoms with Crippen LogP contribution in [0.4, 0.5) is 5.69 Å². The number of nitrogens with one attached hydrogen (secondary N) is 1. The SMILES string of the molecule is COCCn1cc(NC(=O)C(C)C(C)C(=O)O)ccc1=O. The summed E-state index contributed by atoms with van der Waals surface area (Å²) in [7, 11) is 1.53. The van der Waals surface area contributed by atoms with Gasteiger partial charge < -0.3 is 19.7 Å². The lowest BCUT2D eigenvalue weighted by Gasteiger charge is -2.16. The first-order valence-corrected chi connectivity index (χ1v) is 6.60. The zero-order chi connectivity index (χ0) is 16.0. The lowest BCUT2D eigenvalue weighted by Crippen LogP contribution is -2.30. The maximum absolute atomic E-state index is 12.0. The zero-order valence-electron chi connectivity index (χ0n) is 12.3. The van der Waals surface area contributed by atoms with E-state index in [2.05, 4.69) is 5.32 Å². The normalized spacial score (nSPS) is 13.5. The van der Waals surface area contributed by atoms with E-state index >= 15 is 0 Å². The molecule has 0 aliphatic carbocycles. The minimum atomic E-state index is -1.03. The molecule has 1 rings (SSSR count). The molecular weight excluding hydrogens is 276 g/mol. The Balaban J connectivity index is 2.81. The Kier molecular flexibility index (Phi) is 6.10. The largest absolute Gasteiger partial charge is 0.481 e. The van der Waals surface area contributed by atoms with Crippen LogP contribution in [0.3, 0.4) is 0 Å². The summed E-state index contributed by atoms with van der Waals surface area (Å²) in [4.78, 5) is 34.5. The van der Waals surface area contributed by atoms with E-state index in [-0.39, 0.29) is 5.56 Å². The van der Waals surface area contributed by atoms with E-state index < -0.39 is 23.7 Å². The van der Waals surface area contributed by atoms with Crippen LogP contribution in [-0.2, 0) is 20.9 Å². The van der Waals surface area contributed by atoms with E-state index in [1.165, 1.54) is 36.9 Å². The maximum Gasteiger partial charge on any atom is 0.307 e. The summed E-state index contributed by atoms with van der Waals surface area (Å²) in [6.07, 6.45) is 1.51. The summed E-state index contributed by atoms with van der Waals surface area (Å²) in [5, 5.41) is 11.5. The Morgan fingerprint density at radius 3 is 2.57 bits per heavy atom. The molecule has 1 aromatic rings. The van der Waals surface area contributed by atoms with Crippen LogP contribution in [0.1, 0.15) is 13.8 Å². The number of hydrogen-bond donors (Lipinski definition) is 2. The number of rotatable bonds is 7. The van der Waals surface area contributed by atoms with Crippen molar-refractivity contribution in [2.45, 2.75) is 20.4 Å². The number of carboxylic acid groups (broad SMARTS) is 1. The van der Waals surface area contributed by atoms with Crippen molar-refractivity contribution in [1.82, 2.24) is 4.57 Å². The second kappa shape index (κ2) is 7.58. The van der Waals surface area contributed by atoms with Gasteiger partial charge in [-0.2, -0.15) is 0 Å². The van der Waals surface area contributed by atoms with Crippen LogP contribution in [0, 0.1) is 11.8 Å². The van der Waals surface area contributed by atoms with Crippen molar-refractivity contribution in [2.24, 2.45) is 11.8 Å². The first kappa shape index (κ1) is 16.9. The van der Waals surface area contributed by atoms with Crippen molar-refractivity contribution in [2.75, 3.05) is 19.0 Å². The molecule has 0 bridgehead atoms. The summed E-state index contributed by atoms with van der Waals surface area (Å²) in [6.45, 7) is 3.78. The number of carboxylic acids is 1. The average Bonchev–Trinajstić information content (AvgIpc) is 2.45. The van der Waals surface area contributed by atoms with Gasteiger partial charge in [0.25, 0.3) is 5.56 Å². The number of aliphatic carboxylic acids is 1. The Labute approximate surface area is 122 Å². The predicted molar refractivity (Wildman–Crippen MR) is 77.2 cm³/mol. The van der Waals surface area contributed by atoms with E-state index in [4.69, 9.17) is 9.84 Å². The van der Waals surface area contributed by atoms with Crippen molar-refractivity contribution in [3.63, 3.8) is 0 Å². The van der Waals surface area contributed by atoms with E-state index in [0.717, 1.165) is 0 Å². The lowest BCUT2D eigenvalue weighted by molar-refractivity contribution is -0.145. The van der Waals surface area contributed by atoms with Gasteiger partial charge in [0.2, 0.25) is 5.91 Å². The fraction of sp³-hybridized carbons (Fsp3) is 0.500. The van der Waals surface area contributed by atoms with Crippen molar-refractivity contribution in [3.05, 3.63) is 28.7 Å². The van der Waals surface area contributed by atoms with Crippen molar-refractivity contribution < 1.29 is 19.4 Å². The highest BCUT2D eigenvalue weighted by Gasteiger charge is 2.25. The van der Waals surface area contributed by atoms with Gasteiger partial charge in [0, 0.05) is 31.8 Å². The number of hydrogen-bond acceptors (Lipinski definition) is 4. The van der Waals surface area contributed by atoms with Crippen molar-refractivity contribution >= 4 is 17.6 Å². The third-order valence-corrected chi connectivity index (χ3v) is 3.34. The molecular formula is C14H20N2O5. The molecule has 2 unspecified atom stereocenters. The van der Waals surface area contributed by atoms with Crippen LogP contribution in [-0.4, -0.2) is 35.3 Å². The molecule has 0 saturated carbocycles. The zero-order valence-corrected chi connectivity index (χ0v) is 12.3. The van der Waals surface area contributed by atoms with E-state index in [9.17, 15) is 14.4 Å². The molecule has 0 aliphatic rings. The molecule has 0 spiro atoms. The first-order valence-electron chi connectivity index (χ1n) is 6.60. The highest BCUT2D eigenvalue weighted by Crippen LogP contribution is 2.14. The monoisotopic (exact) mass is 296 g/mol. The fourth-order valence-corrected chi connectivity index (χ4v) is 1.67. The fourth-order valence-electron chi connectivity index (χ4n) is 1.67. The maximum atomic E-state index is 12.0. The van der Waals surface area contributed by atoms with Gasteiger partial charge in [-0.3, -0.25) is 14.4 Å². The molecule has 2 atom stereocenters. The van der Waals surface area contributed by atoms with Crippen LogP contribution in [0.2, 0.25) is 0 Å². The Hall–Kier alpha value is -2.15. The molecule has 1 heterocycles. The first-order chi connectivity index (χ1) is 9.86. The standard InChI is InChI=1S/C14H20N2O5/c1-9(10(2)14(19)20)13(18)15-11-4-5-12(17)16(8-11)6-7-21-3/h4-5,8-10H,6-7H2,1-3H3,(H,15,18)(H,19,20). The number of carbonyl (C=O) groups excluding carboxylic acids is 1. The molecule has 2 N–H and O–H groups in total. The van der Waals surface area contributed by atoms with Crippen LogP contribution < -0.4 is 10.9 Å². The summed E-state index contributed by atoms with van der Waals surface area (Å²) in [5.74, 6) is -2.89. The topological polar surface area (TPSA) is 97.6 Å². The molecule has 0 radical (unpaired) electrons. The lowest BCUT2D eigenvalue weighted by atomic mass is 9.95. The molecule has 1 amide bonds. The molecule has 116 valence electrons. The summed E-state index contributed by atoms with van der Waals surface area (Å²) < 4.78 is 6.33. The third kappa shape index (κ3) is 4.71. The summed E-state index contributed by atoms with van der Waals surface area (Å²) in [5.41, 5.74) is 0.247. The minimum absolute atomic E-state index is 0.197. The number of carbonyl (C=O) groups is 2. The van der Waals surface area contributed by atoms with Gasteiger partial charge in [0.15, 0.2) is 0 Å². The number of amides is 1. The molecule has 1 aromatic heterocycles. The molecule has 7 nitrogen and oxygen atoms in total. The predicted octanol–water partition coefficient (Wildman–Crippen LogP) is 0.790. The Bertz CT molecular complexity index is 567. The van der Waals surface area contributed by atoms with Gasteiger partial charge in [-0.1, -0.05) is 13.8 Å². The van der Waals surface area contributed by atoms with Gasteiger partial charge in [-0.15, -0.1) is 0 Å². The third-order valence-electron chi connectivity index (χ3n) is 3.34. The van der Waals surface area contributed by atoms with Crippen molar-refractivity contribution in [1.29, 1.82) is 0 Å². The van der Waals surface area contributed by atoms with Crippen LogP contribution in [0.25, 0.3) is 0 Å². The molecule has 0 saturated heterocycles. The van der Waals surface area contributed by atoms with Gasteiger partial charge >= 0.3 is 5.97 Å². The number of anilines is 1. The number of methoxy groups -OCH3 is 1. The summed E-state index contributed by atoms with van der Waals surface area (Å²) in [6, 6.07) is 2.83. The van der Waals surface area contributed by atoms with Crippen LogP contribution in [0.5, 0.6) is 0 Å². The Morgan fingerprint density at radius 1 is 1.33 bits per heavy atom. The van der Waals surface area contributed by atoms with Crippen molar-refractivity contribution in [3.8, 4) is 0 Å². The second-order valence-corrected chi connectivity index (χ2v) is 4.85. The molecule has 0 fully saturated rings. The minimum Gasteiger partial charge on any atom is -0.481 e. The number of nitrogens with zero attached hydrogens (tertiary/aromatic N) is 1. The number of pyridine rings is 1. The van der Waals surface area contributed by atoms with Crippen LogP contribution in [0.15, 0.2) is 23.1 Å². The number of ether oxygens (including phenoxy) is 1. The quantitative estimate of drug-likeness (QED) is 0.775. The highest BCUT2D eigenvalue weighted by molar-refractivity contribution is 5.94. The number of aromatic nitrogens is 1. The molecule has 7 heteroatoms. The van der Waals surface area contributed by atoms with Gasteiger partial charge in [0.05, 0.1) is 18.2 Å². The molecule has 21 heavy (non-hydrogen) atoms. The van der Waals surface area contributed by atoms with Gasteiger partial charge in [0.1, 0.15) is 0 Å². The van der Waals surface area contributed by atoms with Gasteiger partial charge in [-0.25, -0.2) is 0 Å². The summed E-state index contributed by atoms with van der Waals surface area (Å²) >= 11 is 0. The average molecular weight is 296 g/mol. The van der Waals surface area contributed by atoms with E-state index in [1.54, 1.807) is 6.92 Å². The van der Waals surface area contributed by atoms with Gasteiger partial charge in [-0.05, 0) is 6.07 Å². The Morgan fingerprint density at radius 2 is 2.00 bits per heavy atom.